The Labute approximate surface area is 124 Å². The summed E-state index contributed by atoms with van der Waals surface area (Å²) >= 11 is 0. The molecular weight excluding hydrogens is 299 g/mol. The van der Waals surface area contributed by atoms with Crippen molar-refractivity contribution >= 4 is 11.7 Å². The Kier molecular flexibility index (Phi) is 4.25. The van der Waals surface area contributed by atoms with Crippen LogP contribution in [0.1, 0.15) is 10.4 Å². The number of hydrogen-bond acceptors (Lipinski definition) is 4. The minimum absolute atomic E-state index is 0.0562. The normalized spacial score (nSPS) is 11.1. The Hall–Kier alpha value is -2.70. The quantitative estimate of drug-likeness (QED) is 0.694. The zero-order chi connectivity index (χ0) is 16.3. The van der Waals surface area contributed by atoms with Crippen molar-refractivity contribution in [3.8, 4) is 16.9 Å². The summed E-state index contributed by atoms with van der Waals surface area (Å²) in [5.41, 5.74) is 6.31. The van der Waals surface area contributed by atoms with E-state index in [2.05, 4.69) is 9.47 Å². The molecule has 0 unspecified atom stereocenters. The molecule has 0 aliphatic heterocycles. The summed E-state index contributed by atoms with van der Waals surface area (Å²) < 4.78 is 46.1. The summed E-state index contributed by atoms with van der Waals surface area (Å²) in [6.45, 7) is 0. The Balaban J connectivity index is 2.60. The molecule has 0 saturated heterocycles. The van der Waals surface area contributed by atoms with Crippen LogP contribution in [-0.4, -0.2) is 19.4 Å². The molecule has 0 aliphatic rings. The lowest BCUT2D eigenvalue weighted by Crippen LogP contribution is -2.17. The van der Waals surface area contributed by atoms with Gasteiger partial charge in [-0.3, -0.25) is 0 Å². The molecule has 0 amide bonds. The van der Waals surface area contributed by atoms with Crippen LogP contribution in [-0.2, 0) is 4.74 Å². The maximum Gasteiger partial charge on any atom is 0.573 e. The number of anilines is 1. The molecule has 0 spiro atoms. The van der Waals surface area contributed by atoms with Crippen LogP contribution in [0.5, 0.6) is 5.75 Å². The van der Waals surface area contributed by atoms with Gasteiger partial charge in [0, 0.05) is 16.8 Å². The molecule has 0 aliphatic carbocycles. The van der Waals surface area contributed by atoms with E-state index >= 15 is 0 Å². The molecule has 0 bridgehead atoms. The number of nitrogen functional groups attached to an aromatic ring is 1. The van der Waals surface area contributed by atoms with E-state index < -0.39 is 18.1 Å². The molecule has 2 rings (SSSR count). The van der Waals surface area contributed by atoms with Crippen LogP contribution >= 0.6 is 0 Å². The third kappa shape index (κ3) is 3.49. The predicted octanol–water partition coefficient (Wildman–Crippen LogP) is 3.62. The van der Waals surface area contributed by atoms with Gasteiger partial charge in [-0.15, -0.1) is 13.2 Å². The largest absolute Gasteiger partial charge is 0.573 e. The molecule has 2 aromatic carbocycles. The first-order chi connectivity index (χ1) is 10.3. The van der Waals surface area contributed by atoms with E-state index in [0.29, 0.717) is 5.69 Å². The van der Waals surface area contributed by atoms with Gasteiger partial charge in [0.15, 0.2) is 0 Å². The number of nitrogens with two attached hydrogens (primary N) is 1. The number of carbonyl (C=O) groups excluding carboxylic acids is 1. The van der Waals surface area contributed by atoms with Crippen LogP contribution in [0.2, 0.25) is 0 Å². The number of hydrogen-bond donors (Lipinski definition) is 1. The minimum Gasteiger partial charge on any atom is -0.465 e. The van der Waals surface area contributed by atoms with Crippen molar-refractivity contribution in [2.45, 2.75) is 6.36 Å². The van der Waals surface area contributed by atoms with Crippen LogP contribution in [0.4, 0.5) is 18.9 Å². The summed E-state index contributed by atoms with van der Waals surface area (Å²) in [7, 11) is 1.17. The molecule has 2 aromatic rings. The second-order valence-electron chi connectivity index (χ2n) is 4.34. The SMILES string of the molecule is COC(=O)c1cc(N)ccc1-c1ccccc1OC(F)(F)F. The molecule has 0 aromatic heterocycles. The smallest absolute Gasteiger partial charge is 0.465 e. The van der Waals surface area contributed by atoms with E-state index in [1.54, 1.807) is 0 Å². The van der Waals surface area contributed by atoms with Crippen molar-refractivity contribution in [3.63, 3.8) is 0 Å². The number of alkyl halides is 3. The van der Waals surface area contributed by atoms with E-state index in [4.69, 9.17) is 5.73 Å². The zero-order valence-electron chi connectivity index (χ0n) is 11.5. The molecule has 0 heterocycles. The molecule has 0 saturated carbocycles. The molecule has 2 N–H and O–H groups in total. The summed E-state index contributed by atoms with van der Waals surface area (Å²) in [4.78, 5) is 11.8. The summed E-state index contributed by atoms with van der Waals surface area (Å²) in [5, 5.41) is 0. The Morgan fingerprint density at radius 1 is 1.09 bits per heavy atom. The Morgan fingerprint density at radius 2 is 1.77 bits per heavy atom. The van der Waals surface area contributed by atoms with Crippen molar-refractivity contribution in [1.29, 1.82) is 0 Å². The average molecular weight is 311 g/mol. The Morgan fingerprint density at radius 3 is 2.41 bits per heavy atom. The van der Waals surface area contributed by atoms with Crippen molar-refractivity contribution in [1.82, 2.24) is 0 Å². The monoisotopic (exact) mass is 311 g/mol. The highest BCUT2D eigenvalue weighted by Crippen LogP contribution is 2.36. The number of benzene rings is 2. The maximum atomic E-state index is 12.5. The van der Waals surface area contributed by atoms with Gasteiger partial charge in [0.05, 0.1) is 12.7 Å². The van der Waals surface area contributed by atoms with Crippen molar-refractivity contribution < 1.29 is 27.4 Å². The van der Waals surface area contributed by atoms with E-state index in [0.717, 1.165) is 0 Å². The Bertz CT molecular complexity index is 699. The van der Waals surface area contributed by atoms with Crippen molar-refractivity contribution in [2.75, 3.05) is 12.8 Å². The number of methoxy groups -OCH3 is 1. The van der Waals surface area contributed by atoms with Gasteiger partial charge in [0.25, 0.3) is 0 Å². The van der Waals surface area contributed by atoms with Gasteiger partial charge in [-0.2, -0.15) is 0 Å². The summed E-state index contributed by atoms with van der Waals surface area (Å²) in [5.74, 6) is -1.12. The van der Waals surface area contributed by atoms with Gasteiger partial charge < -0.3 is 15.2 Å². The van der Waals surface area contributed by atoms with Crippen LogP contribution in [0.25, 0.3) is 11.1 Å². The summed E-state index contributed by atoms with van der Waals surface area (Å²) in [6, 6.07) is 9.78. The van der Waals surface area contributed by atoms with Gasteiger partial charge in [-0.1, -0.05) is 24.3 Å². The van der Waals surface area contributed by atoms with E-state index in [9.17, 15) is 18.0 Å². The topological polar surface area (TPSA) is 61.5 Å². The second-order valence-corrected chi connectivity index (χ2v) is 4.34. The average Bonchev–Trinajstić information content (AvgIpc) is 2.45. The molecule has 0 atom stereocenters. The van der Waals surface area contributed by atoms with Gasteiger partial charge in [-0.25, -0.2) is 4.79 Å². The number of esters is 1. The number of halogens is 3. The first-order valence-corrected chi connectivity index (χ1v) is 6.15. The van der Waals surface area contributed by atoms with Crippen LogP contribution in [0, 0.1) is 0 Å². The lowest BCUT2D eigenvalue weighted by atomic mass is 9.98. The van der Waals surface area contributed by atoms with Gasteiger partial charge in [0.2, 0.25) is 0 Å². The molecule has 0 fully saturated rings. The maximum absolute atomic E-state index is 12.5. The second kappa shape index (κ2) is 5.97. The molecule has 0 radical (unpaired) electrons. The lowest BCUT2D eigenvalue weighted by molar-refractivity contribution is -0.274. The predicted molar refractivity (Wildman–Crippen MR) is 74.3 cm³/mol. The number of para-hydroxylation sites is 1. The fraction of sp³-hybridized carbons (Fsp3) is 0.133. The minimum atomic E-state index is -4.84. The molecule has 116 valence electrons. The number of rotatable bonds is 3. The lowest BCUT2D eigenvalue weighted by Gasteiger charge is -2.15. The number of ether oxygens (including phenoxy) is 2. The van der Waals surface area contributed by atoms with Crippen molar-refractivity contribution in [2.24, 2.45) is 0 Å². The first kappa shape index (κ1) is 15.7. The highest BCUT2D eigenvalue weighted by molar-refractivity contribution is 5.99. The van der Waals surface area contributed by atoms with Crippen LogP contribution in [0.15, 0.2) is 42.5 Å². The van der Waals surface area contributed by atoms with E-state index in [1.165, 1.54) is 49.6 Å². The van der Waals surface area contributed by atoms with Crippen LogP contribution < -0.4 is 10.5 Å². The van der Waals surface area contributed by atoms with Gasteiger partial charge >= 0.3 is 12.3 Å². The van der Waals surface area contributed by atoms with Crippen molar-refractivity contribution in [3.05, 3.63) is 48.0 Å². The first-order valence-electron chi connectivity index (χ1n) is 6.15. The third-order valence-corrected chi connectivity index (χ3v) is 2.85. The summed E-state index contributed by atoms with van der Waals surface area (Å²) in [6.07, 6.45) is -4.84. The highest BCUT2D eigenvalue weighted by atomic mass is 19.4. The fourth-order valence-corrected chi connectivity index (χ4v) is 1.98. The van der Waals surface area contributed by atoms with E-state index in [1.807, 2.05) is 0 Å². The van der Waals surface area contributed by atoms with Crippen LogP contribution in [0.3, 0.4) is 0 Å². The molecule has 7 heteroatoms. The third-order valence-electron chi connectivity index (χ3n) is 2.85. The van der Waals surface area contributed by atoms with E-state index in [-0.39, 0.29) is 16.7 Å². The highest BCUT2D eigenvalue weighted by Gasteiger charge is 2.32. The molecular formula is C15H12F3NO3. The zero-order valence-corrected chi connectivity index (χ0v) is 11.5. The molecule has 22 heavy (non-hydrogen) atoms. The van der Waals surface area contributed by atoms with Gasteiger partial charge in [0.1, 0.15) is 5.75 Å². The van der Waals surface area contributed by atoms with Gasteiger partial charge in [-0.05, 0) is 18.2 Å². The molecule has 4 nitrogen and oxygen atoms in total. The standard InChI is InChI=1S/C15H12F3NO3/c1-21-14(20)12-8-9(19)6-7-10(12)11-4-2-3-5-13(11)22-15(16,17)18/h2-8H,19H2,1H3. The fourth-order valence-electron chi connectivity index (χ4n) is 1.98. The number of carbonyl (C=O) groups is 1.